The molecular formula is C16H17ClN4O2S. The van der Waals surface area contributed by atoms with Gasteiger partial charge in [-0.1, -0.05) is 28.5 Å². The molecule has 3 rings (SSSR count). The molecule has 2 heterocycles. The number of hydrogen-bond acceptors (Lipinski definition) is 6. The van der Waals surface area contributed by atoms with E-state index in [1.54, 1.807) is 18.9 Å². The smallest absolute Gasteiger partial charge is 0.191 e. The fraction of sp³-hybridized carbons (Fsp3) is 0.312. The van der Waals surface area contributed by atoms with Gasteiger partial charge in [0.15, 0.2) is 11.0 Å². The molecule has 0 radical (unpaired) electrons. The van der Waals surface area contributed by atoms with E-state index in [2.05, 4.69) is 15.4 Å². The maximum Gasteiger partial charge on any atom is 0.191 e. The summed E-state index contributed by atoms with van der Waals surface area (Å²) in [5.74, 6) is 2.26. The molecule has 0 saturated heterocycles. The minimum atomic E-state index is 0.579. The van der Waals surface area contributed by atoms with E-state index >= 15 is 0 Å². The maximum absolute atomic E-state index is 5.96. The van der Waals surface area contributed by atoms with Crippen molar-refractivity contribution in [2.24, 2.45) is 0 Å². The van der Waals surface area contributed by atoms with E-state index in [1.807, 2.05) is 41.8 Å². The molecule has 0 saturated carbocycles. The van der Waals surface area contributed by atoms with E-state index in [-0.39, 0.29) is 0 Å². The molecule has 0 amide bonds. The number of benzene rings is 1. The highest BCUT2D eigenvalue weighted by molar-refractivity contribution is 7.98. The third-order valence-electron chi connectivity index (χ3n) is 3.36. The van der Waals surface area contributed by atoms with Gasteiger partial charge in [0.1, 0.15) is 5.76 Å². The van der Waals surface area contributed by atoms with Crippen molar-refractivity contribution in [2.45, 2.75) is 24.4 Å². The van der Waals surface area contributed by atoms with E-state index in [0.717, 1.165) is 28.0 Å². The molecule has 0 aliphatic heterocycles. The van der Waals surface area contributed by atoms with E-state index < -0.39 is 0 Å². The Morgan fingerprint density at radius 2 is 2.04 bits per heavy atom. The van der Waals surface area contributed by atoms with Crippen LogP contribution < -0.4 is 0 Å². The number of thioether (sulfide) groups is 1. The van der Waals surface area contributed by atoms with E-state index in [1.165, 1.54) is 0 Å². The molecule has 0 aliphatic rings. The summed E-state index contributed by atoms with van der Waals surface area (Å²) in [5, 5.41) is 14.2. The zero-order valence-electron chi connectivity index (χ0n) is 13.4. The summed E-state index contributed by atoms with van der Waals surface area (Å²) in [6.07, 6.45) is 0. The summed E-state index contributed by atoms with van der Waals surface area (Å²) in [6.45, 7) is 3.12. The highest BCUT2D eigenvalue weighted by Gasteiger charge is 2.15. The predicted octanol–water partition coefficient (Wildman–Crippen LogP) is 3.83. The molecule has 24 heavy (non-hydrogen) atoms. The van der Waals surface area contributed by atoms with Crippen molar-refractivity contribution >= 4 is 23.4 Å². The van der Waals surface area contributed by atoms with Crippen molar-refractivity contribution in [1.29, 1.82) is 0 Å². The Labute approximate surface area is 149 Å². The summed E-state index contributed by atoms with van der Waals surface area (Å²) in [7, 11) is 1.68. The van der Waals surface area contributed by atoms with Crippen molar-refractivity contribution in [1.82, 2.24) is 19.9 Å². The first-order chi connectivity index (χ1) is 11.7. The number of nitrogens with zero attached hydrogens (tertiary/aromatic N) is 4. The van der Waals surface area contributed by atoms with Crippen LogP contribution >= 0.6 is 23.4 Å². The topological polar surface area (TPSA) is 66.0 Å². The van der Waals surface area contributed by atoms with Gasteiger partial charge in [-0.3, -0.25) is 4.57 Å². The average Bonchev–Trinajstić information content (AvgIpc) is 3.17. The first-order valence-corrected chi connectivity index (χ1v) is 8.77. The van der Waals surface area contributed by atoms with E-state index in [9.17, 15) is 0 Å². The lowest BCUT2D eigenvalue weighted by molar-refractivity contribution is 0.185. The second-order valence-corrected chi connectivity index (χ2v) is 6.55. The van der Waals surface area contributed by atoms with Gasteiger partial charge < -0.3 is 9.26 Å². The predicted molar refractivity (Wildman–Crippen MR) is 93.1 cm³/mol. The SMILES string of the molecule is COCCn1c(SCc2cc(C)on2)nnc1-c1ccc(Cl)cc1. The monoisotopic (exact) mass is 364 g/mol. The van der Waals surface area contributed by atoms with Crippen molar-refractivity contribution < 1.29 is 9.26 Å². The van der Waals surface area contributed by atoms with Crippen LogP contribution in [0.1, 0.15) is 11.5 Å². The summed E-state index contributed by atoms with van der Waals surface area (Å²) in [5.41, 5.74) is 1.85. The Hall–Kier alpha value is -1.83. The molecule has 2 aromatic heterocycles. The number of rotatable bonds is 7. The number of ether oxygens (including phenoxy) is 1. The molecule has 126 valence electrons. The van der Waals surface area contributed by atoms with Gasteiger partial charge in [0.05, 0.1) is 18.8 Å². The second-order valence-electron chi connectivity index (χ2n) is 5.18. The third kappa shape index (κ3) is 3.98. The highest BCUT2D eigenvalue weighted by atomic mass is 35.5. The fourth-order valence-electron chi connectivity index (χ4n) is 2.22. The highest BCUT2D eigenvalue weighted by Crippen LogP contribution is 2.27. The van der Waals surface area contributed by atoms with Crippen molar-refractivity contribution in [2.75, 3.05) is 13.7 Å². The number of methoxy groups -OCH3 is 1. The van der Waals surface area contributed by atoms with E-state index in [0.29, 0.717) is 23.9 Å². The van der Waals surface area contributed by atoms with Crippen LogP contribution in [0.2, 0.25) is 5.02 Å². The first-order valence-electron chi connectivity index (χ1n) is 7.40. The largest absolute Gasteiger partial charge is 0.383 e. The Bertz CT molecular complexity index is 801. The zero-order chi connectivity index (χ0) is 16.9. The summed E-state index contributed by atoms with van der Waals surface area (Å²) in [4.78, 5) is 0. The van der Waals surface area contributed by atoms with E-state index in [4.69, 9.17) is 20.9 Å². The summed E-state index contributed by atoms with van der Waals surface area (Å²) in [6, 6.07) is 9.48. The Balaban J connectivity index is 1.84. The van der Waals surface area contributed by atoms with Crippen LogP contribution in [-0.2, 0) is 17.0 Å². The van der Waals surface area contributed by atoms with Gasteiger partial charge in [-0.15, -0.1) is 10.2 Å². The maximum atomic E-state index is 5.96. The van der Waals surface area contributed by atoms with Gasteiger partial charge in [0, 0.05) is 29.5 Å². The molecule has 0 N–H and O–H groups in total. The Kier molecular flexibility index (Phi) is 5.55. The van der Waals surface area contributed by atoms with Crippen molar-refractivity contribution in [3.8, 4) is 11.4 Å². The lowest BCUT2D eigenvalue weighted by atomic mass is 10.2. The van der Waals surface area contributed by atoms with Gasteiger partial charge in [0.2, 0.25) is 0 Å². The molecule has 0 unspecified atom stereocenters. The van der Waals surface area contributed by atoms with Crippen LogP contribution in [-0.4, -0.2) is 33.6 Å². The molecule has 0 atom stereocenters. The standard InChI is InChI=1S/C16H17ClN4O2S/c1-11-9-14(20-23-11)10-24-16-19-18-15(21(16)7-8-22-2)12-3-5-13(17)6-4-12/h3-6,9H,7-8,10H2,1-2H3. The van der Waals surface area contributed by atoms with Crippen LogP contribution in [0.3, 0.4) is 0 Å². The van der Waals surface area contributed by atoms with Crippen LogP contribution in [0.15, 0.2) is 40.0 Å². The van der Waals surface area contributed by atoms with Crippen molar-refractivity contribution in [3.63, 3.8) is 0 Å². The second kappa shape index (κ2) is 7.83. The van der Waals surface area contributed by atoms with Crippen LogP contribution in [0.4, 0.5) is 0 Å². The number of halogens is 1. The van der Waals surface area contributed by atoms with Gasteiger partial charge >= 0.3 is 0 Å². The lowest BCUT2D eigenvalue weighted by Gasteiger charge is -2.09. The van der Waals surface area contributed by atoms with Crippen LogP contribution in [0, 0.1) is 6.92 Å². The zero-order valence-corrected chi connectivity index (χ0v) is 15.0. The van der Waals surface area contributed by atoms with Crippen LogP contribution in [0.5, 0.6) is 0 Å². The minimum Gasteiger partial charge on any atom is -0.383 e. The molecule has 0 spiro atoms. The van der Waals surface area contributed by atoms with Gasteiger partial charge in [-0.2, -0.15) is 0 Å². The minimum absolute atomic E-state index is 0.579. The molecular weight excluding hydrogens is 348 g/mol. The molecule has 8 heteroatoms. The summed E-state index contributed by atoms with van der Waals surface area (Å²) < 4.78 is 12.4. The molecule has 0 bridgehead atoms. The average molecular weight is 365 g/mol. The van der Waals surface area contributed by atoms with Crippen molar-refractivity contribution in [3.05, 3.63) is 46.8 Å². The quantitative estimate of drug-likeness (QED) is 0.593. The van der Waals surface area contributed by atoms with Gasteiger partial charge in [0.25, 0.3) is 0 Å². The molecule has 3 aromatic rings. The normalized spacial score (nSPS) is 11.1. The Morgan fingerprint density at radius 3 is 2.71 bits per heavy atom. The lowest BCUT2D eigenvalue weighted by Crippen LogP contribution is -2.07. The number of aryl methyl sites for hydroxylation is 1. The third-order valence-corrected chi connectivity index (χ3v) is 4.62. The van der Waals surface area contributed by atoms with Crippen LogP contribution in [0.25, 0.3) is 11.4 Å². The number of hydrogen-bond donors (Lipinski definition) is 0. The number of aromatic nitrogens is 4. The van der Waals surface area contributed by atoms with Gasteiger partial charge in [-0.25, -0.2) is 0 Å². The van der Waals surface area contributed by atoms with Gasteiger partial charge in [-0.05, 0) is 31.2 Å². The summed E-state index contributed by atoms with van der Waals surface area (Å²) >= 11 is 7.53. The Morgan fingerprint density at radius 1 is 1.25 bits per heavy atom. The molecule has 1 aromatic carbocycles. The first kappa shape index (κ1) is 17.0. The molecule has 0 aliphatic carbocycles. The molecule has 0 fully saturated rings. The molecule has 6 nitrogen and oxygen atoms in total. The fourth-order valence-corrected chi connectivity index (χ4v) is 3.19.